The molecular formula is C23H30N2O3. The normalized spacial score (nSPS) is 11.8. The molecule has 0 aromatic heterocycles. The van der Waals surface area contributed by atoms with Crippen molar-refractivity contribution in [3.05, 3.63) is 65.7 Å². The highest BCUT2D eigenvalue weighted by Crippen LogP contribution is 2.12. The van der Waals surface area contributed by atoms with E-state index in [1.54, 1.807) is 18.0 Å². The van der Waals surface area contributed by atoms with Crippen LogP contribution in [-0.4, -0.2) is 43.0 Å². The van der Waals surface area contributed by atoms with Gasteiger partial charge in [-0.2, -0.15) is 0 Å². The van der Waals surface area contributed by atoms with E-state index in [0.717, 1.165) is 11.3 Å². The third kappa shape index (κ3) is 6.41. The topological polar surface area (TPSA) is 58.6 Å². The fourth-order valence-corrected chi connectivity index (χ4v) is 2.95. The van der Waals surface area contributed by atoms with E-state index in [1.807, 2.05) is 69.3 Å². The highest BCUT2D eigenvalue weighted by molar-refractivity contribution is 5.98. The van der Waals surface area contributed by atoms with Gasteiger partial charge in [0, 0.05) is 12.6 Å². The number of hydrogen-bond donors (Lipinski definition) is 1. The van der Waals surface area contributed by atoms with Crippen LogP contribution in [0.15, 0.2) is 54.6 Å². The van der Waals surface area contributed by atoms with Crippen molar-refractivity contribution < 1.29 is 14.3 Å². The number of para-hydroxylation sites is 1. The quantitative estimate of drug-likeness (QED) is 0.720. The number of amides is 2. The number of carbonyl (C=O) groups is 2. The molecule has 28 heavy (non-hydrogen) atoms. The number of likely N-dealkylation sites (N-methyl/N-ethyl adjacent to an activating group) is 1. The molecular weight excluding hydrogens is 352 g/mol. The van der Waals surface area contributed by atoms with Crippen LogP contribution in [0.4, 0.5) is 0 Å². The summed E-state index contributed by atoms with van der Waals surface area (Å²) < 4.78 is 5.67. The number of nitrogens with zero attached hydrogens (tertiary/aromatic N) is 1. The van der Waals surface area contributed by atoms with Gasteiger partial charge in [-0.05, 0) is 43.0 Å². The van der Waals surface area contributed by atoms with Gasteiger partial charge in [0.25, 0.3) is 5.91 Å². The summed E-state index contributed by atoms with van der Waals surface area (Å²) in [4.78, 5) is 27.2. The second-order valence-corrected chi connectivity index (χ2v) is 7.39. The van der Waals surface area contributed by atoms with Crippen LogP contribution < -0.4 is 10.1 Å². The van der Waals surface area contributed by atoms with E-state index in [2.05, 4.69) is 5.32 Å². The van der Waals surface area contributed by atoms with E-state index in [1.165, 1.54) is 0 Å². The number of ether oxygens (including phenoxy) is 1. The summed E-state index contributed by atoms with van der Waals surface area (Å²) in [5.74, 6) is 0.730. The molecule has 2 aromatic carbocycles. The lowest BCUT2D eigenvalue weighted by Gasteiger charge is -2.26. The van der Waals surface area contributed by atoms with Gasteiger partial charge in [0.15, 0.2) is 0 Å². The van der Waals surface area contributed by atoms with Gasteiger partial charge in [-0.15, -0.1) is 0 Å². The summed E-state index contributed by atoms with van der Waals surface area (Å²) in [5, 5.41) is 2.92. The van der Waals surface area contributed by atoms with E-state index >= 15 is 0 Å². The maximum atomic E-state index is 12.9. The van der Waals surface area contributed by atoms with Gasteiger partial charge in [0.05, 0.1) is 6.54 Å². The molecule has 0 saturated carbocycles. The largest absolute Gasteiger partial charge is 0.492 e. The lowest BCUT2D eigenvalue weighted by Crippen LogP contribution is -2.48. The Kier molecular flexibility index (Phi) is 8.05. The Balaban J connectivity index is 1.97. The minimum Gasteiger partial charge on any atom is -0.492 e. The first-order chi connectivity index (χ1) is 13.4. The molecule has 0 spiro atoms. The van der Waals surface area contributed by atoms with Crippen molar-refractivity contribution in [1.82, 2.24) is 10.2 Å². The SMILES string of the molecule is Cc1ccccc1C(=O)NC(CC(C)C)C(=O)N(C)CCOc1ccccc1. The van der Waals surface area contributed by atoms with Crippen LogP contribution in [0.2, 0.25) is 0 Å². The van der Waals surface area contributed by atoms with Crippen LogP contribution in [0.3, 0.4) is 0 Å². The first-order valence-corrected chi connectivity index (χ1v) is 9.67. The van der Waals surface area contributed by atoms with Gasteiger partial charge < -0.3 is 15.0 Å². The molecule has 0 heterocycles. The van der Waals surface area contributed by atoms with Crippen molar-refractivity contribution in [3.63, 3.8) is 0 Å². The highest BCUT2D eigenvalue weighted by atomic mass is 16.5. The van der Waals surface area contributed by atoms with Crippen molar-refractivity contribution in [2.45, 2.75) is 33.2 Å². The molecule has 0 bridgehead atoms. The lowest BCUT2D eigenvalue weighted by molar-refractivity contribution is -0.132. The molecule has 0 radical (unpaired) electrons. The zero-order chi connectivity index (χ0) is 20.5. The Morgan fingerprint density at radius 2 is 1.68 bits per heavy atom. The smallest absolute Gasteiger partial charge is 0.252 e. The highest BCUT2D eigenvalue weighted by Gasteiger charge is 2.25. The van der Waals surface area contributed by atoms with Crippen molar-refractivity contribution >= 4 is 11.8 Å². The van der Waals surface area contributed by atoms with E-state index < -0.39 is 6.04 Å². The van der Waals surface area contributed by atoms with Gasteiger partial charge in [0.1, 0.15) is 18.4 Å². The summed E-state index contributed by atoms with van der Waals surface area (Å²) in [6.45, 7) is 6.81. The van der Waals surface area contributed by atoms with E-state index in [4.69, 9.17) is 4.74 Å². The molecule has 0 aliphatic carbocycles. The van der Waals surface area contributed by atoms with Crippen LogP contribution in [-0.2, 0) is 4.79 Å². The number of carbonyl (C=O) groups excluding carboxylic acids is 2. The van der Waals surface area contributed by atoms with Crippen molar-refractivity contribution in [3.8, 4) is 5.75 Å². The molecule has 0 aliphatic heterocycles. The lowest BCUT2D eigenvalue weighted by atomic mass is 10.0. The molecule has 2 aromatic rings. The number of rotatable bonds is 9. The van der Waals surface area contributed by atoms with Crippen molar-refractivity contribution in [2.75, 3.05) is 20.2 Å². The Morgan fingerprint density at radius 3 is 2.32 bits per heavy atom. The molecule has 1 atom stereocenters. The minimum atomic E-state index is -0.561. The van der Waals surface area contributed by atoms with Gasteiger partial charge in [-0.1, -0.05) is 50.2 Å². The summed E-state index contributed by atoms with van der Waals surface area (Å²) in [6.07, 6.45) is 0.584. The summed E-state index contributed by atoms with van der Waals surface area (Å²) in [7, 11) is 1.74. The maximum Gasteiger partial charge on any atom is 0.252 e. The summed E-state index contributed by atoms with van der Waals surface area (Å²) in [6, 6.07) is 16.3. The number of hydrogen-bond acceptors (Lipinski definition) is 3. The second kappa shape index (κ2) is 10.5. The predicted octanol–water partition coefficient (Wildman–Crippen LogP) is 3.68. The molecule has 150 valence electrons. The Morgan fingerprint density at radius 1 is 1.04 bits per heavy atom. The second-order valence-electron chi connectivity index (χ2n) is 7.39. The molecule has 0 saturated heterocycles. The molecule has 0 aliphatic rings. The molecule has 1 N–H and O–H groups in total. The predicted molar refractivity (Wildman–Crippen MR) is 111 cm³/mol. The fraction of sp³-hybridized carbons (Fsp3) is 0.391. The van der Waals surface area contributed by atoms with Crippen molar-refractivity contribution in [2.24, 2.45) is 5.92 Å². The zero-order valence-corrected chi connectivity index (χ0v) is 17.1. The molecule has 0 fully saturated rings. The first-order valence-electron chi connectivity index (χ1n) is 9.67. The average Bonchev–Trinajstić information content (AvgIpc) is 2.67. The van der Waals surface area contributed by atoms with Gasteiger partial charge in [0.2, 0.25) is 5.91 Å². The monoisotopic (exact) mass is 382 g/mol. The van der Waals surface area contributed by atoms with Crippen LogP contribution in [0.25, 0.3) is 0 Å². The van der Waals surface area contributed by atoms with E-state index in [-0.39, 0.29) is 17.7 Å². The summed E-state index contributed by atoms with van der Waals surface area (Å²) >= 11 is 0. The van der Waals surface area contributed by atoms with Crippen molar-refractivity contribution in [1.29, 1.82) is 0 Å². The Hall–Kier alpha value is -2.82. The number of aryl methyl sites for hydroxylation is 1. The van der Waals surface area contributed by atoms with Gasteiger partial charge >= 0.3 is 0 Å². The van der Waals surface area contributed by atoms with E-state index in [9.17, 15) is 9.59 Å². The fourth-order valence-electron chi connectivity index (χ4n) is 2.95. The molecule has 2 rings (SSSR count). The van der Waals surface area contributed by atoms with Crippen LogP contribution in [0.1, 0.15) is 36.2 Å². The Bertz CT molecular complexity index is 774. The zero-order valence-electron chi connectivity index (χ0n) is 17.1. The van der Waals surface area contributed by atoms with E-state index in [0.29, 0.717) is 25.1 Å². The van der Waals surface area contributed by atoms with Gasteiger partial charge in [-0.25, -0.2) is 0 Å². The minimum absolute atomic E-state index is 0.104. The molecule has 2 amide bonds. The standard InChI is InChI=1S/C23H30N2O3/c1-17(2)16-21(24-22(26)20-13-9-8-10-18(20)3)23(27)25(4)14-15-28-19-11-6-5-7-12-19/h5-13,17,21H,14-16H2,1-4H3,(H,24,26). The number of nitrogens with one attached hydrogen (secondary N) is 1. The van der Waals surface area contributed by atoms with Crippen LogP contribution in [0.5, 0.6) is 5.75 Å². The number of benzene rings is 2. The third-order valence-electron chi connectivity index (χ3n) is 4.52. The average molecular weight is 383 g/mol. The first kappa shape index (κ1) is 21.5. The summed E-state index contributed by atoms with van der Waals surface area (Å²) in [5.41, 5.74) is 1.49. The molecule has 1 unspecified atom stereocenters. The molecule has 5 heteroatoms. The van der Waals surface area contributed by atoms with Gasteiger partial charge in [-0.3, -0.25) is 9.59 Å². The maximum absolute atomic E-state index is 12.9. The van der Waals surface area contributed by atoms with Crippen LogP contribution >= 0.6 is 0 Å². The third-order valence-corrected chi connectivity index (χ3v) is 4.52. The van der Waals surface area contributed by atoms with Crippen LogP contribution in [0, 0.1) is 12.8 Å². The Labute approximate surface area is 167 Å². The molecule has 5 nitrogen and oxygen atoms in total.